The van der Waals surface area contributed by atoms with Crippen LogP contribution in [0.5, 0.6) is 5.75 Å². The van der Waals surface area contributed by atoms with Gasteiger partial charge in [-0.3, -0.25) is 14.5 Å². The van der Waals surface area contributed by atoms with Gasteiger partial charge < -0.3 is 24.8 Å². The first-order valence-electron chi connectivity index (χ1n) is 12.4. The zero-order chi connectivity index (χ0) is 23.9. The minimum absolute atomic E-state index is 0.00784. The van der Waals surface area contributed by atoms with Crippen molar-refractivity contribution in [2.45, 2.75) is 64.0 Å². The molecule has 0 bridgehead atoms. The summed E-state index contributed by atoms with van der Waals surface area (Å²) in [6.45, 7) is 4.68. The zero-order valence-electron chi connectivity index (χ0n) is 19.8. The van der Waals surface area contributed by atoms with Gasteiger partial charge in [0.2, 0.25) is 5.91 Å². The van der Waals surface area contributed by atoms with Gasteiger partial charge >= 0.3 is 12.1 Å². The number of ether oxygens (including phenoxy) is 3. The SMILES string of the molecule is CCC(=O)OC(COc1cccc2c1CCC(=O)N2)CN1CCC(NC(=O)OCC2CC2)CC1. The number of likely N-dealkylation sites (tertiary alicyclic amines) is 1. The number of benzene rings is 1. The molecule has 1 aromatic carbocycles. The van der Waals surface area contributed by atoms with Gasteiger partial charge in [0.1, 0.15) is 18.5 Å². The number of hydrogen-bond acceptors (Lipinski definition) is 7. The number of carbonyl (C=O) groups is 3. The Morgan fingerprint density at radius 2 is 1.97 bits per heavy atom. The Morgan fingerprint density at radius 3 is 2.71 bits per heavy atom. The van der Waals surface area contributed by atoms with E-state index in [1.165, 1.54) is 0 Å². The number of nitrogens with zero attached hydrogens (tertiary/aromatic N) is 1. The van der Waals surface area contributed by atoms with Gasteiger partial charge in [0.15, 0.2) is 0 Å². The highest BCUT2D eigenvalue weighted by molar-refractivity contribution is 5.94. The van der Waals surface area contributed by atoms with E-state index in [9.17, 15) is 14.4 Å². The van der Waals surface area contributed by atoms with Crippen LogP contribution in [0.4, 0.5) is 10.5 Å². The predicted molar refractivity (Wildman–Crippen MR) is 126 cm³/mol. The standard InChI is InChI=1S/C25H35N3O6/c1-2-24(30)34-19(16-32-22-5-3-4-21-20(22)8-9-23(29)27-21)14-28-12-10-18(11-13-28)26-25(31)33-15-17-6-7-17/h3-5,17-19H,2,6-16H2,1H3,(H,26,31)(H,27,29). The first kappa shape index (κ1) is 24.3. The second-order valence-corrected chi connectivity index (χ2v) is 9.37. The third-order valence-corrected chi connectivity index (χ3v) is 6.54. The summed E-state index contributed by atoms with van der Waals surface area (Å²) in [5.41, 5.74) is 1.75. The van der Waals surface area contributed by atoms with E-state index in [2.05, 4.69) is 15.5 Å². The third kappa shape index (κ3) is 7.09. The highest BCUT2D eigenvalue weighted by Gasteiger charge is 2.27. The van der Waals surface area contributed by atoms with E-state index in [0.717, 1.165) is 50.0 Å². The Morgan fingerprint density at radius 1 is 1.18 bits per heavy atom. The summed E-state index contributed by atoms with van der Waals surface area (Å²) >= 11 is 0. The van der Waals surface area contributed by atoms with E-state index in [4.69, 9.17) is 14.2 Å². The van der Waals surface area contributed by atoms with Crippen molar-refractivity contribution in [2.24, 2.45) is 5.92 Å². The molecule has 2 N–H and O–H groups in total. The van der Waals surface area contributed by atoms with Crippen molar-refractivity contribution >= 4 is 23.7 Å². The molecular weight excluding hydrogens is 438 g/mol. The lowest BCUT2D eigenvalue weighted by atomic mass is 10.0. The van der Waals surface area contributed by atoms with E-state index in [1.54, 1.807) is 6.92 Å². The fraction of sp³-hybridized carbons (Fsp3) is 0.640. The van der Waals surface area contributed by atoms with Gasteiger partial charge in [-0.25, -0.2) is 4.79 Å². The Hall–Kier alpha value is -2.81. The largest absolute Gasteiger partial charge is 0.489 e. The van der Waals surface area contributed by atoms with Crippen LogP contribution >= 0.6 is 0 Å². The fourth-order valence-corrected chi connectivity index (χ4v) is 4.34. The average molecular weight is 474 g/mol. The van der Waals surface area contributed by atoms with Crippen molar-refractivity contribution in [3.05, 3.63) is 23.8 Å². The molecule has 1 atom stereocenters. The predicted octanol–water partition coefficient (Wildman–Crippen LogP) is 2.87. The number of anilines is 1. The highest BCUT2D eigenvalue weighted by atomic mass is 16.6. The van der Waals surface area contributed by atoms with E-state index in [1.807, 2.05) is 18.2 Å². The molecule has 0 radical (unpaired) electrons. The molecule has 2 amide bonds. The van der Waals surface area contributed by atoms with Crippen LogP contribution in [-0.4, -0.2) is 67.9 Å². The van der Waals surface area contributed by atoms with E-state index >= 15 is 0 Å². The third-order valence-electron chi connectivity index (χ3n) is 6.54. The minimum atomic E-state index is -0.408. The molecule has 2 aliphatic heterocycles. The maximum absolute atomic E-state index is 12.0. The Kier molecular flexibility index (Phi) is 8.26. The molecule has 1 unspecified atom stereocenters. The summed E-state index contributed by atoms with van der Waals surface area (Å²) in [5.74, 6) is 1.01. The maximum atomic E-state index is 12.0. The van der Waals surface area contributed by atoms with Crippen molar-refractivity contribution in [1.29, 1.82) is 0 Å². The van der Waals surface area contributed by atoms with Crippen LogP contribution in [0, 0.1) is 5.92 Å². The molecule has 1 saturated heterocycles. The quantitative estimate of drug-likeness (QED) is 0.503. The smallest absolute Gasteiger partial charge is 0.407 e. The summed E-state index contributed by atoms with van der Waals surface area (Å²) in [6, 6.07) is 5.70. The van der Waals surface area contributed by atoms with E-state index < -0.39 is 6.10 Å². The molecule has 0 aromatic heterocycles. The number of hydrogen-bond donors (Lipinski definition) is 2. The molecule has 1 saturated carbocycles. The second kappa shape index (κ2) is 11.6. The summed E-state index contributed by atoms with van der Waals surface area (Å²) < 4.78 is 17.0. The number of esters is 1. The summed E-state index contributed by atoms with van der Waals surface area (Å²) in [5, 5.41) is 5.85. The van der Waals surface area contributed by atoms with Crippen LogP contribution in [0.15, 0.2) is 18.2 Å². The molecule has 1 aromatic rings. The Balaban J connectivity index is 1.26. The first-order chi connectivity index (χ1) is 16.5. The number of piperidine rings is 1. The van der Waals surface area contributed by atoms with Crippen molar-refractivity contribution in [1.82, 2.24) is 10.2 Å². The van der Waals surface area contributed by atoms with Gasteiger partial charge in [0.05, 0.1) is 6.61 Å². The van der Waals surface area contributed by atoms with Gasteiger partial charge in [-0.15, -0.1) is 0 Å². The zero-order valence-corrected chi connectivity index (χ0v) is 19.8. The van der Waals surface area contributed by atoms with Crippen molar-refractivity contribution in [3.8, 4) is 5.75 Å². The summed E-state index contributed by atoms with van der Waals surface area (Å²) in [7, 11) is 0. The van der Waals surface area contributed by atoms with Gasteiger partial charge in [-0.05, 0) is 50.2 Å². The molecular formula is C25H35N3O6. The van der Waals surface area contributed by atoms with E-state index in [-0.39, 0.29) is 30.6 Å². The van der Waals surface area contributed by atoms with Crippen molar-refractivity contribution in [3.63, 3.8) is 0 Å². The molecule has 2 fully saturated rings. The molecule has 1 aliphatic carbocycles. The monoisotopic (exact) mass is 473 g/mol. The van der Waals surface area contributed by atoms with Crippen LogP contribution in [0.1, 0.15) is 51.0 Å². The number of nitrogens with one attached hydrogen (secondary N) is 2. The molecule has 4 rings (SSSR count). The average Bonchev–Trinajstić information content (AvgIpc) is 3.66. The molecule has 34 heavy (non-hydrogen) atoms. The lowest BCUT2D eigenvalue weighted by molar-refractivity contribution is -0.151. The summed E-state index contributed by atoms with van der Waals surface area (Å²) in [6.07, 6.45) is 4.58. The number of fused-ring (bicyclic) bond motifs is 1. The van der Waals surface area contributed by atoms with Gasteiger partial charge in [0, 0.05) is 49.8 Å². The van der Waals surface area contributed by atoms with Gasteiger partial charge in [-0.1, -0.05) is 13.0 Å². The highest BCUT2D eigenvalue weighted by Crippen LogP contribution is 2.31. The molecule has 9 nitrogen and oxygen atoms in total. The van der Waals surface area contributed by atoms with Crippen molar-refractivity contribution < 1.29 is 28.6 Å². The van der Waals surface area contributed by atoms with Crippen LogP contribution in [0.2, 0.25) is 0 Å². The number of amides is 2. The van der Waals surface area contributed by atoms with Crippen LogP contribution in [-0.2, 0) is 25.5 Å². The maximum Gasteiger partial charge on any atom is 0.407 e. The number of rotatable bonds is 10. The van der Waals surface area contributed by atoms with Gasteiger partial charge in [-0.2, -0.15) is 0 Å². The van der Waals surface area contributed by atoms with Crippen LogP contribution < -0.4 is 15.4 Å². The summed E-state index contributed by atoms with van der Waals surface area (Å²) in [4.78, 5) is 37.9. The normalized spacial score (nSPS) is 19.5. The molecule has 9 heteroatoms. The van der Waals surface area contributed by atoms with Crippen molar-refractivity contribution in [2.75, 3.05) is 38.2 Å². The Labute approximate surface area is 200 Å². The number of alkyl carbamates (subject to hydrolysis) is 1. The molecule has 186 valence electrons. The lowest BCUT2D eigenvalue weighted by Gasteiger charge is -2.34. The topological polar surface area (TPSA) is 106 Å². The van der Waals surface area contributed by atoms with E-state index in [0.29, 0.717) is 44.1 Å². The molecule has 3 aliphatic rings. The fourth-order valence-electron chi connectivity index (χ4n) is 4.34. The molecule has 0 spiro atoms. The van der Waals surface area contributed by atoms with Gasteiger partial charge in [0.25, 0.3) is 0 Å². The minimum Gasteiger partial charge on any atom is -0.489 e. The second-order valence-electron chi connectivity index (χ2n) is 9.37. The lowest BCUT2D eigenvalue weighted by Crippen LogP contribution is -2.48. The number of carbonyl (C=O) groups excluding carboxylic acids is 3. The first-order valence-corrected chi connectivity index (χ1v) is 12.4. The molecule has 2 heterocycles. The van der Waals surface area contributed by atoms with Crippen LogP contribution in [0.25, 0.3) is 0 Å². The Bertz CT molecular complexity index is 879. The van der Waals surface area contributed by atoms with Crippen LogP contribution in [0.3, 0.4) is 0 Å².